The number of anilines is 1. The summed E-state index contributed by atoms with van der Waals surface area (Å²) in [6, 6.07) is 10.9. The number of amides is 1. The molecular weight excluding hydrogens is 402 g/mol. The van der Waals surface area contributed by atoms with E-state index in [0.717, 1.165) is 11.3 Å². The highest BCUT2D eigenvalue weighted by Gasteiger charge is 2.34. The van der Waals surface area contributed by atoms with Gasteiger partial charge in [0, 0.05) is 44.8 Å². The van der Waals surface area contributed by atoms with E-state index in [0.29, 0.717) is 11.5 Å². The van der Waals surface area contributed by atoms with Crippen LogP contribution in [0, 0.1) is 0 Å². The zero-order valence-electron chi connectivity index (χ0n) is 18.3. The first-order valence-electron chi connectivity index (χ1n) is 9.52. The monoisotopic (exact) mass is 427 g/mol. The molecule has 0 spiro atoms. The Morgan fingerprint density at radius 2 is 1.61 bits per heavy atom. The van der Waals surface area contributed by atoms with E-state index >= 15 is 0 Å². The van der Waals surface area contributed by atoms with Crippen molar-refractivity contribution in [1.29, 1.82) is 0 Å². The van der Waals surface area contributed by atoms with Gasteiger partial charge in [-0.3, -0.25) is 9.59 Å². The fourth-order valence-corrected chi connectivity index (χ4v) is 3.09. The Hall–Kier alpha value is -3.75. The van der Waals surface area contributed by atoms with Crippen molar-refractivity contribution in [3.8, 4) is 17.2 Å². The van der Waals surface area contributed by atoms with Crippen LogP contribution in [0.5, 0.6) is 17.2 Å². The third kappa shape index (κ3) is 4.55. The lowest BCUT2D eigenvalue weighted by atomic mass is 10.1. The quantitative estimate of drug-likeness (QED) is 0.517. The Morgan fingerprint density at radius 1 is 1.03 bits per heavy atom. The van der Waals surface area contributed by atoms with Gasteiger partial charge in [-0.2, -0.15) is 5.01 Å². The Labute approximate surface area is 180 Å². The van der Waals surface area contributed by atoms with Gasteiger partial charge < -0.3 is 23.8 Å². The second-order valence-electron chi connectivity index (χ2n) is 7.03. The van der Waals surface area contributed by atoms with E-state index in [9.17, 15) is 9.59 Å². The average Bonchev–Trinajstić information content (AvgIpc) is 3.19. The lowest BCUT2D eigenvalue weighted by molar-refractivity contribution is -0.135. The number of benzene rings is 2. The molecule has 1 aliphatic rings. The first-order chi connectivity index (χ1) is 14.7. The molecule has 0 radical (unpaired) electrons. The minimum absolute atomic E-state index is 0.147. The number of rotatable bonds is 6. The maximum atomic E-state index is 12.3. The van der Waals surface area contributed by atoms with Crippen molar-refractivity contribution in [1.82, 2.24) is 5.01 Å². The zero-order valence-corrected chi connectivity index (χ0v) is 18.3. The summed E-state index contributed by atoms with van der Waals surface area (Å²) in [7, 11) is 6.79. The number of carbonyl (C=O) groups excluding carboxylic acids is 2. The highest BCUT2D eigenvalue weighted by Crippen LogP contribution is 2.42. The lowest BCUT2D eigenvalue weighted by Gasteiger charge is -2.21. The Bertz CT molecular complexity index is 991. The topological polar surface area (TPSA) is 89.9 Å². The van der Waals surface area contributed by atoms with E-state index in [1.165, 1.54) is 33.1 Å². The van der Waals surface area contributed by atoms with Crippen LogP contribution in [-0.2, 0) is 14.3 Å². The summed E-state index contributed by atoms with van der Waals surface area (Å²) >= 11 is 0. The highest BCUT2D eigenvalue weighted by molar-refractivity contribution is 5.96. The van der Waals surface area contributed by atoms with Crippen molar-refractivity contribution in [2.24, 2.45) is 5.10 Å². The molecule has 0 saturated heterocycles. The molecule has 0 N–H and O–H groups in total. The largest absolute Gasteiger partial charge is 0.493 e. The SMILES string of the molecule is COc1cc(C2OC(c3ccc(N(C)C)cc3)=NN2C(C)=O)cc(OC)c1OC(C)=O. The average molecular weight is 427 g/mol. The van der Waals surface area contributed by atoms with Crippen LogP contribution >= 0.6 is 0 Å². The highest BCUT2D eigenvalue weighted by atomic mass is 16.6. The molecule has 164 valence electrons. The van der Waals surface area contributed by atoms with Gasteiger partial charge >= 0.3 is 5.97 Å². The molecule has 1 unspecified atom stereocenters. The summed E-state index contributed by atoms with van der Waals surface area (Å²) in [4.78, 5) is 25.7. The number of esters is 1. The summed E-state index contributed by atoms with van der Waals surface area (Å²) in [5, 5.41) is 5.61. The summed E-state index contributed by atoms with van der Waals surface area (Å²) in [5.74, 6) is 0.174. The van der Waals surface area contributed by atoms with Crippen LogP contribution in [0.1, 0.15) is 31.2 Å². The van der Waals surface area contributed by atoms with Gasteiger partial charge in [0.15, 0.2) is 11.5 Å². The molecule has 31 heavy (non-hydrogen) atoms. The maximum Gasteiger partial charge on any atom is 0.308 e. The van der Waals surface area contributed by atoms with Crippen molar-refractivity contribution in [2.45, 2.75) is 20.1 Å². The summed E-state index contributed by atoms with van der Waals surface area (Å²) in [5.41, 5.74) is 2.30. The number of hydrogen-bond donors (Lipinski definition) is 0. The molecule has 2 aromatic rings. The van der Waals surface area contributed by atoms with Gasteiger partial charge in [-0.25, -0.2) is 0 Å². The van der Waals surface area contributed by atoms with E-state index in [-0.39, 0.29) is 23.2 Å². The minimum Gasteiger partial charge on any atom is -0.493 e. The molecule has 1 amide bonds. The predicted octanol–water partition coefficient (Wildman–Crippen LogP) is 2.93. The van der Waals surface area contributed by atoms with Crippen molar-refractivity contribution in [2.75, 3.05) is 33.2 Å². The molecule has 0 bridgehead atoms. The van der Waals surface area contributed by atoms with Crippen molar-refractivity contribution in [3.05, 3.63) is 47.5 Å². The van der Waals surface area contributed by atoms with E-state index < -0.39 is 12.2 Å². The van der Waals surface area contributed by atoms with Gasteiger partial charge in [-0.1, -0.05) is 0 Å². The number of nitrogens with zero attached hydrogens (tertiary/aromatic N) is 3. The third-order valence-corrected chi connectivity index (χ3v) is 4.61. The third-order valence-electron chi connectivity index (χ3n) is 4.61. The van der Waals surface area contributed by atoms with Gasteiger partial charge in [-0.15, -0.1) is 5.10 Å². The molecule has 1 atom stereocenters. The normalized spacial score (nSPS) is 15.1. The van der Waals surface area contributed by atoms with E-state index in [1.807, 2.05) is 43.3 Å². The van der Waals surface area contributed by atoms with Crippen LogP contribution in [0.3, 0.4) is 0 Å². The minimum atomic E-state index is -0.838. The van der Waals surface area contributed by atoms with Crippen LogP contribution in [0.2, 0.25) is 0 Å². The summed E-state index contributed by atoms with van der Waals surface area (Å²) < 4.78 is 22.0. The molecule has 0 fully saturated rings. The fourth-order valence-electron chi connectivity index (χ4n) is 3.09. The zero-order chi connectivity index (χ0) is 22.7. The van der Waals surface area contributed by atoms with Gasteiger partial charge in [0.05, 0.1) is 14.2 Å². The number of hydrogen-bond acceptors (Lipinski definition) is 8. The molecule has 9 heteroatoms. The standard InChI is InChI=1S/C22H25N3O6/c1-13(26)25-22(31-21(23-25)15-7-9-17(10-8-15)24(3)4)16-11-18(28-5)20(30-14(2)27)19(12-16)29-6/h7-12,22H,1-6H3. The second-order valence-corrected chi connectivity index (χ2v) is 7.03. The Morgan fingerprint density at radius 3 is 2.06 bits per heavy atom. The van der Waals surface area contributed by atoms with Crippen LogP contribution in [0.25, 0.3) is 0 Å². The van der Waals surface area contributed by atoms with Crippen LogP contribution in [0.4, 0.5) is 5.69 Å². The first-order valence-corrected chi connectivity index (χ1v) is 9.52. The Kier molecular flexibility index (Phi) is 6.33. The maximum absolute atomic E-state index is 12.3. The molecule has 0 aliphatic carbocycles. The van der Waals surface area contributed by atoms with Gasteiger partial charge in [-0.05, 0) is 36.4 Å². The second kappa shape index (κ2) is 8.95. The number of hydrazone groups is 1. The van der Waals surface area contributed by atoms with Crippen LogP contribution in [0.15, 0.2) is 41.5 Å². The molecule has 0 aromatic heterocycles. The van der Waals surface area contributed by atoms with Crippen molar-refractivity contribution < 1.29 is 28.5 Å². The molecule has 1 heterocycles. The van der Waals surface area contributed by atoms with E-state index in [4.69, 9.17) is 18.9 Å². The molecule has 3 rings (SSSR count). The predicted molar refractivity (Wildman–Crippen MR) is 115 cm³/mol. The lowest BCUT2D eigenvalue weighted by Crippen LogP contribution is -2.25. The van der Waals surface area contributed by atoms with Crippen LogP contribution < -0.4 is 19.1 Å². The van der Waals surface area contributed by atoms with Crippen LogP contribution in [-0.4, -0.2) is 51.1 Å². The molecule has 0 saturated carbocycles. The molecule has 2 aromatic carbocycles. The summed E-state index contributed by atoms with van der Waals surface area (Å²) in [6.45, 7) is 2.69. The van der Waals surface area contributed by atoms with E-state index in [1.54, 1.807) is 12.1 Å². The Balaban J connectivity index is 1.98. The fraction of sp³-hybridized carbons (Fsp3) is 0.318. The molecule has 1 aliphatic heterocycles. The van der Waals surface area contributed by atoms with E-state index in [2.05, 4.69) is 5.10 Å². The first kappa shape index (κ1) is 21.9. The van der Waals surface area contributed by atoms with Gasteiger partial charge in [0.25, 0.3) is 0 Å². The van der Waals surface area contributed by atoms with Gasteiger partial charge in [0.1, 0.15) is 0 Å². The van der Waals surface area contributed by atoms with Crippen molar-refractivity contribution in [3.63, 3.8) is 0 Å². The molecular formula is C22H25N3O6. The number of carbonyl (C=O) groups is 2. The van der Waals surface area contributed by atoms with Crippen molar-refractivity contribution >= 4 is 23.5 Å². The summed E-state index contributed by atoms with van der Waals surface area (Å²) in [6.07, 6.45) is -0.838. The van der Waals surface area contributed by atoms with Gasteiger partial charge in [0.2, 0.25) is 23.8 Å². The molecule has 9 nitrogen and oxygen atoms in total. The number of methoxy groups -OCH3 is 2. The number of ether oxygens (including phenoxy) is 4. The smallest absolute Gasteiger partial charge is 0.308 e.